The van der Waals surface area contributed by atoms with Crippen molar-refractivity contribution in [2.45, 2.75) is 19.9 Å². The van der Waals surface area contributed by atoms with Crippen molar-refractivity contribution in [2.24, 2.45) is 5.73 Å². The maximum absolute atomic E-state index is 13.4. The van der Waals surface area contributed by atoms with Gasteiger partial charge in [-0.1, -0.05) is 30.3 Å². The van der Waals surface area contributed by atoms with E-state index >= 15 is 0 Å². The number of carbonyl (C=O) groups excluding carboxylic acids is 1. The number of anilines is 1. The van der Waals surface area contributed by atoms with Gasteiger partial charge in [-0.2, -0.15) is 9.67 Å². The van der Waals surface area contributed by atoms with Gasteiger partial charge in [0.25, 0.3) is 11.9 Å². The van der Waals surface area contributed by atoms with Crippen LogP contribution in [0.3, 0.4) is 0 Å². The minimum Gasteiger partial charge on any atom is -0.366 e. The van der Waals surface area contributed by atoms with Crippen LogP contribution in [-0.4, -0.2) is 36.1 Å². The van der Waals surface area contributed by atoms with Gasteiger partial charge in [-0.15, -0.1) is 15.3 Å². The van der Waals surface area contributed by atoms with Gasteiger partial charge in [0, 0.05) is 6.54 Å². The summed E-state index contributed by atoms with van der Waals surface area (Å²) in [4.78, 5) is 16.1. The molecule has 146 valence electrons. The number of nitrogens with zero attached hydrogens (tertiary/aromatic N) is 6. The minimum absolute atomic E-state index is 0.188. The number of amides is 1. The lowest BCUT2D eigenvalue weighted by molar-refractivity contribution is 0.100. The fourth-order valence-corrected chi connectivity index (χ4v) is 2.93. The van der Waals surface area contributed by atoms with E-state index in [-0.39, 0.29) is 17.3 Å². The number of nitrogens with one attached hydrogen (secondary N) is 1. The molecule has 0 saturated carbocycles. The molecule has 0 aliphatic rings. The molecule has 0 aliphatic heterocycles. The molecule has 0 aliphatic carbocycles. The molecule has 4 aromatic rings. The zero-order chi connectivity index (χ0) is 20.4. The Morgan fingerprint density at radius 3 is 2.76 bits per heavy atom. The molecule has 4 rings (SSSR count). The second-order valence-corrected chi connectivity index (χ2v) is 6.28. The quantitative estimate of drug-likeness (QED) is 0.514. The molecule has 0 radical (unpaired) electrons. The molecule has 0 atom stereocenters. The van der Waals surface area contributed by atoms with E-state index in [1.807, 2.05) is 13.0 Å². The maximum Gasteiger partial charge on any atom is 0.274 e. The average molecular weight is 392 g/mol. The lowest BCUT2D eigenvalue weighted by Gasteiger charge is -2.10. The van der Waals surface area contributed by atoms with Crippen LogP contribution in [0.15, 0.2) is 42.5 Å². The third-order valence-corrected chi connectivity index (χ3v) is 4.36. The molecule has 0 saturated heterocycles. The number of carbonyl (C=O) groups is 1. The standard InChI is InChI=1S/C19H17FN8O/c1-2-14-18(22-10-11-5-3-6-12(20)9-11)23-19(26-24-14)28-15-8-4-7-13(17(21)29)16(15)25-27-28/h3-9H,2,10H2,1H3,(H2,21,29)(H,22,23,26). The van der Waals surface area contributed by atoms with Crippen LogP contribution in [0.5, 0.6) is 0 Å². The molecular formula is C19H17FN8O. The molecule has 0 spiro atoms. The zero-order valence-electron chi connectivity index (χ0n) is 15.5. The number of hydrogen-bond donors (Lipinski definition) is 2. The second kappa shape index (κ2) is 7.58. The van der Waals surface area contributed by atoms with E-state index in [4.69, 9.17) is 5.73 Å². The van der Waals surface area contributed by atoms with Gasteiger partial charge in [-0.05, 0) is 36.2 Å². The average Bonchev–Trinajstić information content (AvgIpc) is 3.16. The second-order valence-electron chi connectivity index (χ2n) is 6.28. The largest absolute Gasteiger partial charge is 0.366 e. The van der Waals surface area contributed by atoms with E-state index in [0.717, 1.165) is 5.56 Å². The van der Waals surface area contributed by atoms with Gasteiger partial charge < -0.3 is 11.1 Å². The van der Waals surface area contributed by atoms with Crippen molar-refractivity contribution in [3.63, 3.8) is 0 Å². The Hall–Kier alpha value is -3.95. The van der Waals surface area contributed by atoms with E-state index in [1.54, 1.807) is 24.3 Å². The van der Waals surface area contributed by atoms with Crippen molar-refractivity contribution in [1.82, 2.24) is 30.2 Å². The lowest BCUT2D eigenvalue weighted by atomic mass is 10.2. The van der Waals surface area contributed by atoms with E-state index < -0.39 is 5.91 Å². The summed E-state index contributed by atoms with van der Waals surface area (Å²) in [5.41, 5.74) is 7.98. The molecule has 0 unspecified atom stereocenters. The summed E-state index contributed by atoms with van der Waals surface area (Å²) in [6, 6.07) is 11.3. The molecule has 0 bridgehead atoms. The first kappa shape index (κ1) is 18.4. The minimum atomic E-state index is -0.597. The smallest absolute Gasteiger partial charge is 0.274 e. The van der Waals surface area contributed by atoms with Gasteiger partial charge in [0.2, 0.25) is 0 Å². The Labute approximate surface area is 164 Å². The number of hydrogen-bond acceptors (Lipinski definition) is 7. The van der Waals surface area contributed by atoms with E-state index in [2.05, 4.69) is 30.8 Å². The number of benzene rings is 2. The summed E-state index contributed by atoms with van der Waals surface area (Å²) in [7, 11) is 0. The highest BCUT2D eigenvalue weighted by atomic mass is 19.1. The summed E-state index contributed by atoms with van der Waals surface area (Å²) in [6.45, 7) is 2.30. The highest BCUT2D eigenvalue weighted by Gasteiger charge is 2.16. The molecule has 1 amide bonds. The molecule has 0 fully saturated rings. The summed E-state index contributed by atoms with van der Waals surface area (Å²) in [5.74, 6) is -0.203. The number of primary amides is 1. The number of fused-ring (bicyclic) bond motifs is 1. The predicted octanol–water partition coefficient (Wildman–Crippen LogP) is 2.02. The molecule has 10 heteroatoms. The number of aromatic nitrogens is 6. The van der Waals surface area contributed by atoms with E-state index in [9.17, 15) is 9.18 Å². The first-order valence-electron chi connectivity index (χ1n) is 8.93. The number of halogens is 1. The van der Waals surface area contributed by atoms with Crippen molar-refractivity contribution >= 4 is 22.8 Å². The van der Waals surface area contributed by atoms with Crippen LogP contribution >= 0.6 is 0 Å². The van der Waals surface area contributed by atoms with Gasteiger partial charge in [0.15, 0.2) is 5.82 Å². The van der Waals surface area contributed by atoms with Gasteiger partial charge >= 0.3 is 0 Å². The first-order valence-corrected chi connectivity index (χ1v) is 8.93. The predicted molar refractivity (Wildman–Crippen MR) is 104 cm³/mol. The summed E-state index contributed by atoms with van der Waals surface area (Å²) in [6.07, 6.45) is 0.607. The third-order valence-electron chi connectivity index (χ3n) is 4.36. The van der Waals surface area contributed by atoms with Crippen LogP contribution in [0.2, 0.25) is 0 Å². The fraction of sp³-hybridized carbons (Fsp3) is 0.158. The van der Waals surface area contributed by atoms with Crippen molar-refractivity contribution in [2.75, 3.05) is 5.32 Å². The summed E-state index contributed by atoms with van der Waals surface area (Å²) in [5, 5.41) is 19.6. The molecule has 29 heavy (non-hydrogen) atoms. The number of aryl methyl sites for hydroxylation is 1. The van der Waals surface area contributed by atoms with Crippen LogP contribution in [0, 0.1) is 5.82 Å². The monoisotopic (exact) mass is 392 g/mol. The van der Waals surface area contributed by atoms with Gasteiger partial charge in [-0.25, -0.2) is 4.39 Å². The number of nitrogens with two attached hydrogens (primary N) is 1. The van der Waals surface area contributed by atoms with Crippen molar-refractivity contribution in [1.29, 1.82) is 0 Å². The van der Waals surface area contributed by atoms with Gasteiger partial charge in [0.1, 0.15) is 17.0 Å². The SMILES string of the molecule is CCc1nnc(-n2nnc3c(C(N)=O)cccc32)nc1NCc1cccc(F)c1. The van der Waals surface area contributed by atoms with Crippen LogP contribution in [0.25, 0.3) is 17.0 Å². The fourth-order valence-electron chi connectivity index (χ4n) is 2.93. The van der Waals surface area contributed by atoms with Gasteiger partial charge in [-0.3, -0.25) is 4.79 Å². The van der Waals surface area contributed by atoms with E-state index in [0.29, 0.717) is 35.5 Å². The molecule has 2 heterocycles. The normalized spacial score (nSPS) is 11.0. The molecule has 3 N–H and O–H groups in total. The van der Waals surface area contributed by atoms with Crippen LogP contribution < -0.4 is 11.1 Å². The molecule has 2 aromatic heterocycles. The third kappa shape index (κ3) is 3.59. The Morgan fingerprint density at radius 1 is 1.17 bits per heavy atom. The summed E-state index contributed by atoms with van der Waals surface area (Å²) >= 11 is 0. The van der Waals surface area contributed by atoms with Crippen molar-refractivity contribution in [3.8, 4) is 5.95 Å². The highest BCUT2D eigenvalue weighted by Crippen LogP contribution is 2.19. The van der Waals surface area contributed by atoms with Crippen LogP contribution in [-0.2, 0) is 13.0 Å². The topological polar surface area (TPSA) is 125 Å². The first-order chi connectivity index (χ1) is 14.1. The van der Waals surface area contributed by atoms with E-state index in [1.165, 1.54) is 16.8 Å². The number of rotatable bonds is 6. The Morgan fingerprint density at radius 2 is 2.00 bits per heavy atom. The Balaban J connectivity index is 1.70. The zero-order valence-corrected chi connectivity index (χ0v) is 15.5. The van der Waals surface area contributed by atoms with Gasteiger partial charge in [0.05, 0.1) is 11.1 Å². The highest BCUT2D eigenvalue weighted by molar-refractivity contribution is 6.03. The summed E-state index contributed by atoms with van der Waals surface area (Å²) < 4.78 is 14.8. The molecular weight excluding hydrogens is 375 g/mol. The van der Waals surface area contributed by atoms with Crippen LogP contribution in [0.4, 0.5) is 10.2 Å². The Kier molecular flexibility index (Phi) is 4.82. The van der Waals surface area contributed by atoms with Crippen molar-refractivity contribution in [3.05, 3.63) is 65.1 Å². The maximum atomic E-state index is 13.4. The Bertz CT molecular complexity index is 1210. The molecule has 9 nitrogen and oxygen atoms in total. The van der Waals surface area contributed by atoms with Crippen molar-refractivity contribution < 1.29 is 9.18 Å². The molecule has 2 aromatic carbocycles. The lowest BCUT2D eigenvalue weighted by Crippen LogP contribution is -2.13. The van der Waals surface area contributed by atoms with Crippen LogP contribution in [0.1, 0.15) is 28.5 Å².